The first kappa shape index (κ1) is 13.4. The second kappa shape index (κ2) is 5.85. The smallest absolute Gasteiger partial charge is 0.129 e. The van der Waals surface area contributed by atoms with E-state index in [4.69, 9.17) is 0 Å². The minimum absolute atomic E-state index is 0.274. The normalized spacial score (nSPS) is 15.5. The highest BCUT2D eigenvalue weighted by atomic mass is 32.1. The average Bonchev–Trinajstić information content (AvgIpc) is 3.25. The number of anilines is 2. The summed E-state index contributed by atoms with van der Waals surface area (Å²) >= 11 is 1.77. The summed E-state index contributed by atoms with van der Waals surface area (Å²) in [4.78, 5) is 4.99. The molecule has 2 heterocycles. The van der Waals surface area contributed by atoms with Gasteiger partial charge in [0.05, 0.1) is 0 Å². The molecule has 22 heavy (non-hydrogen) atoms. The summed E-state index contributed by atoms with van der Waals surface area (Å²) in [5.41, 5.74) is 3.95. The number of nitrogens with zero attached hydrogens (tertiary/aromatic N) is 2. The van der Waals surface area contributed by atoms with E-state index in [1.54, 1.807) is 11.3 Å². The summed E-state index contributed by atoms with van der Waals surface area (Å²) in [7, 11) is 0. The fourth-order valence-electron chi connectivity index (χ4n) is 3.19. The molecule has 4 rings (SSSR count). The first-order valence-electron chi connectivity index (χ1n) is 7.59. The van der Waals surface area contributed by atoms with Crippen LogP contribution in [0.25, 0.3) is 0 Å². The summed E-state index contributed by atoms with van der Waals surface area (Å²) in [6.45, 7) is 2.08. The topological polar surface area (TPSA) is 6.48 Å². The van der Waals surface area contributed by atoms with Crippen molar-refractivity contribution in [1.82, 2.24) is 0 Å². The summed E-state index contributed by atoms with van der Waals surface area (Å²) < 4.78 is 0. The molecular formula is C19H18N2S. The molecule has 0 atom stereocenters. The van der Waals surface area contributed by atoms with Crippen molar-refractivity contribution in [2.24, 2.45) is 0 Å². The second-order valence-electron chi connectivity index (χ2n) is 5.49. The summed E-state index contributed by atoms with van der Waals surface area (Å²) in [5.74, 6) is 0. The fourth-order valence-corrected chi connectivity index (χ4v) is 3.86. The van der Waals surface area contributed by atoms with Gasteiger partial charge in [-0.3, -0.25) is 0 Å². The van der Waals surface area contributed by atoms with Crippen LogP contribution in [-0.4, -0.2) is 13.1 Å². The third kappa shape index (κ3) is 2.38. The van der Waals surface area contributed by atoms with Crippen LogP contribution in [0, 0.1) is 0 Å². The zero-order chi connectivity index (χ0) is 14.8. The van der Waals surface area contributed by atoms with E-state index < -0.39 is 0 Å². The number of hydrogen-bond acceptors (Lipinski definition) is 3. The lowest BCUT2D eigenvalue weighted by atomic mass is 10.2. The van der Waals surface area contributed by atoms with Crippen LogP contribution in [0.3, 0.4) is 0 Å². The highest BCUT2D eigenvalue weighted by molar-refractivity contribution is 7.08. The van der Waals surface area contributed by atoms with E-state index in [2.05, 4.69) is 87.3 Å². The average molecular weight is 306 g/mol. The highest BCUT2D eigenvalue weighted by Gasteiger charge is 2.33. The standard InChI is InChI=1S/C19H18N2S/c1-3-7-17(8-4-1)20-12-13-21(18-9-5-2-6-10-18)19(20)16-11-14-22-15-16/h1-11,14-15,19H,12-13H2. The predicted octanol–water partition coefficient (Wildman–Crippen LogP) is 4.77. The molecule has 3 aromatic rings. The Morgan fingerprint density at radius 3 is 1.73 bits per heavy atom. The molecule has 0 aliphatic carbocycles. The van der Waals surface area contributed by atoms with Gasteiger partial charge in [-0.2, -0.15) is 11.3 Å². The molecule has 3 heteroatoms. The Balaban J connectivity index is 1.75. The van der Waals surface area contributed by atoms with Crippen molar-refractivity contribution < 1.29 is 0 Å². The van der Waals surface area contributed by atoms with Crippen LogP contribution in [0.1, 0.15) is 11.7 Å². The molecule has 110 valence electrons. The lowest BCUT2D eigenvalue weighted by Gasteiger charge is -2.32. The van der Waals surface area contributed by atoms with E-state index in [1.807, 2.05) is 0 Å². The van der Waals surface area contributed by atoms with Crippen LogP contribution in [0.15, 0.2) is 77.5 Å². The van der Waals surface area contributed by atoms with Crippen LogP contribution in [0.4, 0.5) is 11.4 Å². The van der Waals surface area contributed by atoms with Gasteiger partial charge in [0.1, 0.15) is 6.17 Å². The van der Waals surface area contributed by atoms with Gasteiger partial charge in [0.25, 0.3) is 0 Å². The van der Waals surface area contributed by atoms with Crippen LogP contribution >= 0.6 is 11.3 Å². The number of para-hydroxylation sites is 2. The van der Waals surface area contributed by atoms with Gasteiger partial charge >= 0.3 is 0 Å². The van der Waals surface area contributed by atoms with Crippen LogP contribution in [0.2, 0.25) is 0 Å². The van der Waals surface area contributed by atoms with Gasteiger partial charge in [-0.15, -0.1) is 0 Å². The molecule has 0 saturated carbocycles. The van der Waals surface area contributed by atoms with Crippen molar-refractivity contribution >= 4 is 22.7 Å². The van der Waals surface area contributed by atoms with E-state index >= 15 is 0 Å². The zero-order valence-corrected chi connectivity index (χ0v) is 13.1. The van der Waals surface area contributed by atoms with E-state index in [0.717, 1.165) is 13.1 Å². The van der Waals surface area contributed by atoms with E-state index in [1.165, 1.54) is 16.9 Å². The van der Waals surface area contributed by atoms with Gasteiger partial charge in [-0.25, -0.2) is 0 Å². The molecule has 0 radical (unpaired) electrons. The van der Waals surface area contributed by atoms with E-state index in [0.29, 0.717) is 0 Å². The molecule has 1 saturated heterocycles. The Morgan fingerprint density at radius 1 is 0.727 bits per heavy atom. The molecule has 2 nitrogen and oxygen atoms in total. The summed E-state index contributed by atoms with van der Waals surface area (Å²) in [5, 5.41) is 4.43. The molecule has 1 aliphatic rings. The maximum Gasteiger partial charge on any atom is 0.129 e. The molecule has 0 unspecified atom stereocenters. The van der Waals surface area contributed by atoms with Gasteiger partial charge in [-0.05, 0) is 41.1 Å². The lowest BCUT2D eigenvalue weighted by Crippen LogP contribution is -2.30. The van der Waals surface area contributed by atoms with E-state index in [9.17, 15) is 0 Å². The first-order chi connectivity index (χ1) is 10.9. The lowest BCUT2D eigenvalue weighted by molar-refractivity contribution is 0.720. The minimum Gasteiger partial charge on any atom is -0.346 e. The molecule has 1 fully saturated rings. The van der Waals surface area contributed by atoms with Crippen molar-refractivity contribution in [3.05, 3.63) is 83.1 Å². The SMILES string of the molecule is c1ccc(N2CCN(c3ccccc3)C2c2ccsc2)cc1. The van der Waals surface area contributed by atoms with Gasteiger partial charge in [0.15, 0.2) is 0 Å². The summed E-state index contributed by atoms with van der Waals surface area (Å²) in [6, 6.07) is 23.7. The molecule has 0 amide bonds. The Labute approximate surface area is 135 Å². The van der Waals surface area contributed by atoms with Crippen LogP contribution < -0.4 is 9.80 Å². The number of thiophene rings is 1. The quantitative estimate of drug-likeness (QED) is 0.687. The molecule has 1 aliphatic heterocycles. The number of rotatable bonds is 3. The summed E-state index contributed by atoms with van der Waals surface area (Å²) in [6.07, 6.45) is 0.274. The van der Waals surface area contributed by atoms with Crippen molar-refractivity contribution in [3.63, 3.8) is 0 Å². The molecule has 1 aromatic heterocycles. The number of hydrogen-bond donors (Lipinski definition) is 0. The van der Waals surface area contributed by atoms with E-state index in [-0.39, 0.29) is 6.17 Å². The third-order valence-electron chi connectivity index (χ3n) is 4.19. The molecule has 0 spiro atoms. The van der Waals surface area contributed by atoms with Crippen molar-refractivity contribution in [1.29, 1.82) is 0 Å². The monoisotopic (exact) mass is 306 g/mol. The van der Waals surface area contributed by atoms with Gasteiger partial charge in [0, 0.05) is 30.0 Å². The predicted molar refractivity (Wildman–Crippen MR) is 94.6 cm³/mol. The Kier molecular flexibility index (Phi) is 3.57. The fraction of sp³-hybridized carbons (Fsp3) is 0.158. The van der Waals surface area contributed by atoms with Crippen molar-refractivity contribution in [3.8, 4) is 0 Å². The molecular weight excluding hydrogens is 288 g/mol. The minimum atomic E-state index is 0.274. The molecule has 2 aromatic carbocycles. The highest BCUT2D eigenvalue weighted by Crippen LogP contribution is 2.38. The Morgan fingerprint density at radius 2 is 1.27 bits per heavy atom. The van der Waals surface area contributed by atoms with Crippen molar-refractivity contribution in [2.45, 2.75) is 6.17 Å². The molecule has 0 N–H and O–H groups in total. The van der Waals surface area contributed by atoms with Crippen molar-refractivity contribution in [2.75, 3.05) is 22.9 Å². The van der Waals surface area contributed by atoms with Gasteiger partial charge < -0.3 is 9.80 Å². The maximum absolute atomic E-state index is 2.50. The third-order valence-corrected chi connectivity index (χ3v) is 4.89. The van der Waals surface area contributed by atoms with Crippen LogP contribution in [0.5, 0.6) is 0 Å². The first-order valence-corrected chi connectivity index (χ1v) is 8.53. The van der Waals surface area contributed by atoms with Crippen LogP contribution in [-0.2, 0) is 0 Å². The molecule has 0 bridgehead atoms. The largest absolute Gasteiger partial charge is 0.346 e. The zero-order valence-electron chi connectivity index (χ0n) is 12.3. The van der Waals surface area contributed by atoms with Gasteiger partial charge in [0.2, 0.25) is 0 Å². The van der Waals surface area contributed by atoms with Gasteiger partial charge in [-0.1, -0.05) is 36.4 Å². The second-order valence-corrected chi connectivity index (χ2v) is 6.27. The Hall–Kier alpha value is -2.26. The maximum atomic E-state index is 2.50. The Bertz CT molecular complexity index is 662. The number of benzene rings is 2.